The quantitative estimate of drug-likeness (QED) is 0.187. The second-order valence-electron chi connectivity index (χ2n) is 8.48. The van der Waals surface area contributed by atoms with Gasteiger partial charge in [0, 0.05) is 22.5 Å². The van der Waals surface area contributed by atoms with Crippen LogP contribution in [0, 0.1) is 12.3 Å². The first-order valence-electron chi connectivity index (χ1n) is 11.4. The lowest BCUT2D eigenvalue weighted by Gasteiger charge is -2.24. The number of anilines is 2. The number of fused-ring (bicyclic) bond motifs is 1. The van der Waals surface area contributed by atoms with Gasteiger partial charge in [0.05, 0.1) is 19.4 Å². The number of methoxy groups -OCH3 is 1. The Balaban J connectivity index is 1.62. The van der Waals surface area contributed by atoms with E-state index >= 15 is 0 Å². The molecule has 0 spiro atoms. The number of pyridine rings is 1. The third kappa shape index (κ3) is 4.69. The molecule has 37 heavy (non-hydrogen) atoms. The highest BCUT2D eigenvalue weighted by Gasteiger charge is 2.26. The van der Waals surface area contributed by atoms with Crippen LogP contribution in [0.25, 0.3) is 5.82 Å². The van der Waals surface area contributed by atoms with Crippen molar-refractivity contribution in [2.24, 2.45) is 5.73 Å². The first-order valence-corrected chi connectivity index (χ1v) is 11.4. The molecule has 0 saturated carbocycles. The molecule has 1 atom stereocenters. The lowest BCUT2D eigenvalue weighted by Crippen LogP contribution is -2.19. The summed E-state index contributed by atoms with van der Waals surface area (Å²) in [5.41, 5.74) is 15.1. The summed E-state index contributed by atoms with van der Waals surface area (Å²) < 4.78 is 17.8. The number of nitrogens with one attached hydrogen (secondary N) is 3. The molecule has 5 rings (SSSR count). The van der Waals surface area contributed by atoms with E-state index in [-0.39, 0.29) is 18.4 Å². The van der Waals surface area contributed by atoms with Gasteiger partial charge in [0.15, 0.2) is 29.9 Å². The average molecular weight is 503 g/mol. The van der Waals surface area contributed by atoms with E-state index in [0.717, 1.165) is 15.8 Å². The number of ether oxygens (including phenoxy) is 3. The SMILES string of the molecule is COc1cc(C(Nc2ccc(C(=N)N)cc2)c2nn(-c3nc(C)ccc3N)c(=O)[nH]2)cc2c1OCOC2. The van der Waals surface area contributed by atoms with Crippen LogP contribution in [0.3, 0.4) is 0 Å². The molecule has 0 radical (unpaired) electrons. The van der Waals surface area contributed by atoms with Gasteiger partial charge < -0.3 is 31.0 Å². The lowest BCUT2D eigenvalue weighted by atomic mass is 10.0. The zero-order chi connectivity index (χ0) is 26.1. The summed E-state index contributed by atoms with van der Waals surface area (Å²) in [6, 6.07) is 13.6. The smallest absolute Gasteiger partial charge is 0.349 e. The van der Waals surface area contributed by atoms with Gasteiger partial charge in [-0.3, -0.25) is 10.4 Å². The zero-order valence-electron chi connectivity index (χ0n) is 20.2. The van der Waals surface area contributed by atoms with Crippen LogP contribution >= 0.6 is 0 Å². The molecular weight excluding hydrogens is 476 g/mol. The van der Waals surface area contributed by atoms with Gasteiger partial charge >= 0.3 is 5.69 Å². The second kappa shape index (κ2) is 9.66. The molecule has 3 heterocycles. The summed E-state index contributed by atoms with van der Waals surface area (Å²) in [5.74, 6) is 1.66. The van der Waals surface area contributed by atoms with Crippen molar-refractivity contribution in [3.8, 4) is 17.3 Å². The van der Waals surface area contributed by atoms with Gasteiger partial charge in [0.1, 0.15) is 11.9 Å². The molecule has 0 amide bonds. The Labute approximate surface area is 211 Å². The first-order chi connectivity index (χ1) is 17.8. The predicted octanol–water partition coefficient (Wildman–Crippen LogP) is 2.21. The molecule has 4 aromatic rings. The fraction of sp³-hybridized carbons (Fsp3) is 0.200. The highest BCUT2D eigenvalue weighted by molar-refractivity contribution is 5.95. The maximum Gasteiger partial charge on any atom is 0.349 e. The van der Waals surface area contributed by atoms with E-state index in [1.807, 2.05) is 12.1 Å². The first kappa shape index (κ1) is 23.9. The van der Waals surface area contributed by atoms with Crippen LogP contribution in [0.4, 0.5) is 11.4 Å². The third-order valence-electron chi connectivity index (χ3n) is 5.91. The van der Waals surface area contributed by atoms with E-state index in [0.29, 0.717) is 46.6 Å². The molecular formula is C25H26N8O4. The number of nitrogens with zero attached hydrogens (tertiary/aromatic N) is 3. The van der Waals surface area contributed by atoms with Crippen LogP contribution in [-0.4, -0.2) is 39.5 Å². The number of aromatic nitrogens is 4. The monoisotopic (exact) mass is 502 g/mol. The van der Waals surface area contributed by atoms with Gasteiger partial charge in [-0.05, 0) is 61.0 Å². The van der Waals surface area contributed by atoms with E-state index in [4.69, 9.17) is 31.1 Å². The summed E-state index contributed by atoms with van der Waals surface area (Å²) in [7, 11) is 1.56. The van der Waals surface area contributed by atoms with E-state index in [1.54, 1.807) is 50.4 Å². The molecule has 1 unspecified atom stereocenters. The molecule has 0 aliphatic carbocycles. The van der Waals surface area contributed by atoms with Crippen LogP contribution in [-0.2, 0) is 11.3 Å². The lowest BCUT2D eigenvalue weighted by molar-refractivity contribution is -0.0180. The maximum atomic E-state index is 13.0. The fourth-order valence-electron chi connectivity index (χ4n) is 4.08. The topological polar surface area (TPSA) is 179 Å². The Kier molecular flexibility index (Phi) is 6.24. The molecule has 12 heteroatoms. The summed E-state index contributed by atoms with van der Waals surface area (Å²) in [5, 5.41) is 15.6. The molecule has 12 nitrogen and oxygen atoms in total. The normalized spacial score (nSPS) is 13.4. The van der Waals surface area contributed by atoms with Crippen molar-refractivity contribution in [1.82, 2.24) is 19.7 Å². The number of rotatable bonds is 7. The molecule has 1 aliphatic heterocycles. The summed E-state index contributed by atoms with van der Waals surface area (Å²) in [6.07, 6.45) is 0. The molecule has 0 fully saturated rings. The fourth-order valence-corrected chi connectivity index (χ4v) is 4.08. The Morgan fingerprint density at radius 1 is 1.24 bits per heavy atom. The Hall–Kier alpha value is -4.84. The summed E-state index contributed by atoms with van der Waals surface area (Å²) in [4.78, 5) is 20.2. The predicted molar refractivity (Wildman–Crippen MR) is 137 cm³/mol. The number of H-pyrrole nitrogens is 1. The van der Waals surface area contributed by atoms with E-state index in [1.165, 1.54) is 0 Å². The van der Waals surface area contributed by atoms with Gasteiger partial charge in [0.25, 0.3) is 0 Å². The minimum Gasteiger partial charge on any atom is -0.493 e. The van der Waals surface area contributed by atoms with Crippen molar-refractivity contribution >= 4 is 17.2 Å². The van der Waals surface area contributed by atoms with E-state index < -0.39 is 11.7 Å². The van der Waals surface area contributed by atoms with Crippen molar-refractivity contribution < 1.29 is 14.2 Å². The van der Waals surface area contributed by atoms with E-state index in [2.05, 4.69) is 20.4 Å². The number of amidine groups is 1. The minimum absolute atomic E-state index is 0.0335. The number of nitrogen functional groups attached to an aromatic ring is 2. The van der Waals surface area contributed by atoms with Gasteiger partial charge in [-0.25, -0.2) is 9.78 Å². The van der Waals surface area contributed by atoms with Gasteiger partial charge in [-0.15, -0.1) is 5.10 Å². The Morgan fingerprint density at radius 3 is 2.76 bits per heavy atom. The molecule has 2 aromatic carbocycles. The van der Waals surface area contributed by atoms with Crippen molar-refractivity contribution in [3.63, 3.8) is 0 Å². The summed E-state index contributed by atoms with van der Waals surface area (Å²) >= 11 is 0. The van der Waals surface area contributed by atoms with E-state index in [9.17, 15) is 4.79 Å². The number of benzene rings is 2. The van der Waals surface area contributed by atoms with Crippen LogP contribution in [0.15, 0.2) is 53.3 Å². The second-order valence-corrected chi connectivity index (χ2v) is 8.48. The minimum atomic E-state index is -0.621. The van der Waals surface area contributed by atoms with Crippen LogP contribution < -0.4 is 31.9 Å². The van der Waals surface area contributed by atoms with Crippen LogP contribution in [0.1, 0.15) is 34.3 Å². The van der Waals surface area contributed by atoms with Crippen molar-refractivity contribution in [2.75, 3.05) is 25.0 Å². The highest BCUT2D eigenvalue weighted by atomic mass is 16.7. The number of aromatic amines is 1. The Bertz CT molecular complexity index is 1510. The van der Waals surface area contributed by atoms with Gasteiger partial charge in [-0.2, -0.15) is 4.68 Å². The molecule has 7 N–H and O–H groups in total. The van der Waals surface area contributed by atoms with Gasteiger partial charge in [-0.1, -0.05) is 0 Å². The molecule has 2 aromatic heterocycles. The van der Waals surface area contributed by atoms with Gasteiger partial charge in [0.2, 0.25) is 0 Å². The number of nitrogens with two attached hydrogens (primary N) is 2. The maximum absolute atomic E-state index is 13.0. The van der Waals surface area contributed by atoms with Crippen molar-refractivity contribution in [3.05, 3.63) is 87.2 Å². The third-order valence-corrected chi connectivity index (χ3v) is 5.91. The molecule has 1 aliphatic rings. The number of hydrogen-bond acceptors (Lipinski definition) is 9. The number of hydrogen-bond donors (Lipinski definition) is 5. The average Bonchev–Trinajstić information content (AvgIpc) is 3.29. The highest BCUT2D eigenvalue weighted by Crippen LogP contribution is 2.38. The molecule has 190 valence electrons. The molecule has 0 bridgehead atoms. The Morgan fingerprint density at radius 2 is 2.03 bits per heavy atom. The van der Waals surface area contributed by atoms with Crippen molar-refractivity contribution in [2.45, 2.75) is 19.6 Å². The van der Waals surface area contributed by atoms with Crippen molar-refractivity contribution in [1.29, 1.82) is 5.41 Å². The largest absolute Gasteiger partial charge is 0.493 e. The van der Waals surface area contributed by atoms with Crippen LogP contribution in [0.2, 0.25) is 0 Å². The standard InChI is InChI=1S/C25H26N8O4/c1-13-3-8-18(26)24(29-13)33-25(34)31-23(32-33)20(30-17-6-4-14(5-7-17)22(27)28)15-9-16-11-36-12-37-21(16)19(10-15)35-2/h3-10,20,30H,11-12,26H2,1-2H3,(H3,27,28)(H,31,32,34). The zero-order valence-corrected chi connectivity index (χ0v) is 20.2. The number of aryl methyl sites for hydroxylation is 1. The van der Waals surface area contributed by atoms with Crippen LogP contribution in [0.5, 0.6) is 11.5 Å². The summed E-state index contributed by atoms with van der Waals surface area (Å²) in [6.45, 7) is 2.28. The molecule has 0 saturated heterocycles.